The zero-order chi connectivity index (χ0) is 14.1. The Hall–Kier alpha value is -1.45. The first-order chi connectivity index (χ1) is 9.19. The first-order valence-electron chi connectivity index (χ1n) is 6.94. The number of hydrogen-bond acceptors (Lipinski definition) is 3. The van der Waals surface area contributed by atoms with E-state index in [0.29, 0.717) is 12.4 Å². The van der Waals surface area contributed by atoms with Crippen molar-refractivity contribution in [3.63, 3.8) is 0 Å². The molecular weight excluding hydrogens is 245 g/mol. The van der Waals surface area contributed by atoms with Crippen LogP contribution in [0.1, 0.15) is 45.4 Å². The normalized spacial score (nSPS) is 10.5. The van der Waals surface area contributed by atoms with Crippen LogP contribution >= 0.6 is 0 Å². The second kappa shape index (κ2) is 8.62. The average Bonchev–Trinajstić information content (AvgIpc) is 2.40. The minimum absolute atomic E-state index is 0.208. The van der Waals surface area contributed by atoms with E-state index in [1.807, 2.05) is 0 Å². The van der Waals surface area contributed by atoms with Crippen molar-refractivity contribution < 1.29 is 13.9 Å². The molecule has 1 rings (SSSR count). The van der Waals surface area contributed by atoms with E-state index in [-0.39, 0.29) is 11.4 Å². The molecule has 0 fully saturated rings. The summed E-state index contributed by atoms with van der Waals surface area (Å²) in [5.74, 6) is 0.211. The molecule has 1 aromatic carbocycles. The van der Waals surface area contributed by atoms with Gasteiger partial charge in [-0.05, 0) is 6.42 Å². The van der Waals surface area contributed by atoms with Crippen molar-refractivity contribution >= 4 is 5.69 Å². The first kappa shape index (κ1) is 15.6. The molecular formula is C15H24FNO2. The monoisotopic (exact) mass is 269 g/mol. The highest BCUT2D eigenvalue weighted by Crippen LogP contribution is 2.29. The molecule has 2 N–H and O–H groups in total. The van der Waals surface area contributed by atoms with Gasteiger partial charge in [0, 0.05) is 12.1 Å². The molecule has 0 aromatic heterocycles. The number of methoxy groups -OCH3 is 1. The van der Waals surface area contributed by atoms with Crippen LogP contribution in [0.15, 0.2) is 12.1 Å². The number of unbranched alkanes of at least 4 members (excludes halogenated alkanes) is 5. The molecule has 0 aliphatic heterocycles. The Balaban J connectivity index is 2.33. The molecule has 0 spiro atoms. The Kier molecular flexibility index (Phi) is 7.08. The highest BCUT2D eigenvalue weighted by Gasteiger charge is 2.09. The van der Waals surface area contributed by atoms with E-state index < -0.39 is 5.82 Å². The number of nitrogen functional groups attached to an aromatic ring is 1. The van der Waals surface area contributed by atoms with E-state index in [9.17, 15) is 4.39 Å². The number of ether oxygens (including phenoxy) is 2. The lowest BCUT2D eigenvalue weighted by Crippen LogP contribution is -2.01. The molecule has 0 saturated heterocycles. The summed E-state index contributed by atoms with van der Waals surface area (Å²) in [6.07, 6.45) is 7.06. The third-order valence-electron chi connectivity index (χ3n) is 3.04. The van der Waals surface area contributed by atoms with E-state index >= 15 is 0 Å². The predicted molar refractivity (Wildman–Crippen MR) is 76.2 cm³/mol. The maximum absolute atomic E-state index is 13.6. The van der Waals surface area contributed by atoms with Gasteiger partial charge in [0.2, 0.25) is 0 Å². The van der Waals surface area contributed by atoms with Gasteiger partial charge >= 0.3 is 0 Å². The molecule has 0 heterocycles. The molecule has 0 aliphatic rings. The topological polar surface area (TPSA) is 44.5 Å². The van der Waals surface area contributed by atoms with Gasteiger partial charge in [-0.1, -0.05) is 39.0 Å². The van der Waals surface area contributed by atoms with Crippen molar-refractivity contribution in [1.29, 1.82) is 0 Å². The molecule has 0 atom stereocenters. The first-order valence-corrected chi connectivity index (χ1v) is 6.94. The number of anilines is 1. The Morgan fingerprint density at radius 3 is 2.42 bits per heavy atom. The fourth-order valence-corrected chi connectivity index (χ4v) is 1.90. The molecule has 19 heavy (non-hydrogen) atoms. The second-order valence-corrected chi connectivity index (χ2v) is 4.64. The van der Waals surface area contributed by atoms with Crippen LogP contribution < -0.4 is 15.2 Å². The van der Waals surface area contributed by atoms with Crippen molar-refractivity contribution in [3.05, 3.63) is 17.9 Å². The molecule has 0 aliphatic carbocycles. The van der Waals surface area contributed by atoms with Crippen LogP contribution in [0, 0.1) is 5.82 Å². The number of benzene rings is 1. The molecule has 1 aromatic rings. The minimum atomic E-state index is -0.440. The highest BCUT2D eigenvalue weighted by atomic mass is 19.1. The van der Waals surface area contributed by atoms with Gasteiger partial charge in [0.1, 0.15) is 5.75 Å². The largest absolute Gasteiger partial charge is 0.494 e. The van der Waals surface area contributed by atoms with Crippen LogP contribution in [0.2, 0.25) is 0 Å². The molecule has 3 nitrogen and oxygen atoms in total. The van der Waals surface area contributed by atoms with Crippen molar-refractivity contribution in [1.82, 2.24) is 0 Å². The molecule has 0 bridgehead atoms. The van der Waals surface area contributed by atoms with Crippen LogP contribution in [0.3, 0.4) is 0 Å². The predicted octanol–water partition coefficient (Wildman–Crippen LogP) is 4.16. The molecule has 4 heteroatoms. The Bertz CT molecular complexity index is 383. The van der Waals surface area contributed by atoms with E-state index in [1.165, 1.54) is 44.9 Å². The Morgan fingerprint density at radius 1 is 1.05 bits per heavy atom. The Labute approximate surface area is 114 Å². The average molecular weight is 269 g/mol. The van der Waals surface area contributed by atoms with Gasteiger partial charge in [0.25, 0.3) is 0 Å². The van der Waals surface area contributed by atoms with Gasteiger partial charge in [-0.2, -0.15) is 0 Å². The van der Waals surface area contributed by atoms with Gasteiger partial charge in [-0.15, -0.1) is 0 Å². The standard InChI is InChI=1S/C15H24FNO2/c1-3-4-5-6-7-8-9-19-14-11-15(18-2)13(17)10-12(14)16/h10-11H,3-9,17H2,1-2H3. The molecule has 0 radical (unpaired) electrons. The molecule has 0 amide bonds. The maximum Gasteiger partial charge on any atom is 0.167 e. The third-order valence-corrected chi connectivity index (χ3v) is 3.04. The molecule has 108 valence electrons. The molecule has 0 saturated carbocycles. The third kappa shape index (κ3) is 5.37. The van der Waals surface area contributed by atoms with Crippen LogP contribution in [0.5, 0.6) is 11.5 Å². The van der Waals surface area contributed by atoms with Crippen molar-refractivity contribution in [2.24, 2.45) is 0 Å². The zero-order valence-electron chi connectivity index (χ0n) is 11.9. The summed E-state index contributed by atoms with van der Waals surface area (Å²) in [6.45, 7) is 2.72. The van der Waals surface area contributed by atoms with Crippen molar-refractivity contribution in [2.75, 3.05) is 19.5 Å². The fraction of sp³-hybridized carbons (Fsp3) is 0.600. The number of halogens is 1. The van der Waals surface area contributed by atoms with Gasteiger partial charge in [-0.3, -0.25) is 0 Å². The lowest BCUT2D eigenvalue weighted by Gasteiger charge is -2.10. The summed E-state index contributed by atoms with van der Waals surface area (Å²) in [4.78, 5) is 0. The van der Waals surface area contributed by atoms with Gasteiger partial charge < -0.3 is 15.2 Å². The van der Waals surface area contributed by atoms with Gasteiger partial charge in [0.05, 0.1) is 19.4 Å². The Morgan fingerprint density at radius 2 is 1.74 bits per heavy atom. The number of hydrogen-bond donors (Lipinski definition) is 1. The smallest absolute Gasteiger partial charge is 0.167 e. The van der Waals surface area contributed by atoms with Gasteiger partial charge in [0.15, 0.2) is 11.6 Å². The summed E-state index contributed by atoms with van der Waals surface area (Å²) in [5, 5.41) is 0. The van der Waals surface area contributed by atoms with Crippen LogP contribution in [-0.2, 0) is 0 Å². The summed E-state index contributed by atoms with van der Waals surface area (Å²) < 4.78 is 24.1. The molecule has 0 unspecified atom stereocenters. The summed E-state index contributed by atoms with van der Waals surface area (Å²) in [5.41, 5.74) is 5.89. The minimum Gasteiger partial charge on any atom is -0.494 e. The summed E-state index contributed by atoms with van der Waals surface area (Å²) in [6, 6.07) is 2.73. The lowest BCUT2D eigenvalue weighted by atomic mass is 10.1. The lowest BCUT2D eigenvalue weighted by molar-refractivity contribution is 0.288. The quantitative estimate of drug-likeness (QED) is 0.541. The summed E-state index contributed by atoms with van der Waals surface area (Å²) in [7, 11) is 1.50. The highest BCUT2D eigenvalue weighted by molar-refractivity contribution is 5.56. The number of rotatable bonds is 9. The summed E-state index contributed by atoms with van der Waals surface area (Å²) >= 11 is 0. The van der Waals surface area contributed by atoms with E-state index in [2.05, 4.69) is 6.92 Å². The van der Waals surface area contributed by atoms with Crippen molar-refractivity contribution in [3.8, 4) is 11.5 Å². The maximum atomic E-state index is 13.6. The zero-order valence-corrected chi connectivity index (χ0v) is 11.9. The second-order valence-electron chi connectivity index (χ2n) is 4.64. The van der Waals surface area contributed by atoms with Crippen LogP contribution in [0.25, 0.3) is 0 Å². The van der Waals surface area contributed by atoms with E-state index in [4.69, 9.17) is 15.2 Å². The van der Waals surface area contributed by atoms with Crippen LogP contribution in [-0.4, -0.2) is 13.7 Å². The number of nitrogens with two attached hydrogens (primary N) is 1. The SMILES string of the molecule is CCCCCCCCOc1cc(OC)c(N)cc1F. The van der Waals surface area contributed by atoms with Crippen LogP contribution in [0.4, 0.5) is 10.1 Å². The van der Waals surface area contributed by atoms with E-state index in [0.717, 1.165) is 12.8 Å². The van der Waals surface area contributed by atoms with E-state index in [1.54, 1.807) is 0 Å². The fourth-order valence-electron chi connectivity index (χ4n) is 1.90. The van der Waals surface area contributed by atoms with Crippen molar-refractivity contribution in [2.45, 2.75) is 45.4 Å². The van der Waals surface area contributed by atoms with Gasteiger partial charge in [-0.25, -0.2) is 4.39 Å².